The van der Waals surface area contributed by atoms with Gasteiger partial charge in [-0.1, -0.05) is 41.0 Å². The highest BCUT2D eigenvalue weighted by Gasteiger charge is 2.57. The summed E-state index contributed by atoms with van der Waals surface area (Å²) in [6.07, 6.45) is 4.35. The Morgan fingerprint density at radius 3 is 2.19 bits per heavy atom. The molecular weight excluding hydrogens is 260 g/mol. The molecule has 0 bridgehead atoms. The summed E-state index contributed by atoms with van der Waals surface area (Å²) in [7, 11) is 4.27. The van der Waals surface area contributed by atoms with Crippen LogP contribution in [-0.4, -0.2) is 37.5 Å². The van der Waals surface area contributed by atoms with Crippen molar-refractivity contribution in [3.05, 3.63) is 0 Å². The summed E-state index contributed by atoms with van der Waals surface area (Å²) in [5.41, 5.74) is 0.0632. The molecule has 0 aromatic carbocycles. The molecule has 0 aromatic heterocycles. The van der Waals surface area contributed by atoms with E-state index in [0.717, 1.165) is 32.2 Å². The maximum absolute atomic E-state index is 12.4. The van der Waals surface area contributed by atoms with Crippen molar-refractivity contribution in [3.63, 3.8) is 0 Å². The molecule has 2 atom stereocenters. The molecule has 3 nitrogen and oxygen atoms in total. The van der Waals surface area contributed by atoms with E-state index in [2.05, 4.69) is 65.9 Å². The normalized spacial score (nSPS) is 24.7. The van der Waals surface area contributed by atoms with Gasteiger partial charge in [-0.2, -0.15) is 0 Å². The van der Waals surface area contributed by atoms with Gasteiger partial charge in [0.1, 0.15) is 0 Å². The van der Waals surface area contributed by atoms with Crippen molar-refractivity contribution < 1.29 is 4.79 Å². The van der Waals surface area contributed by atoms with Crippen LogP contribution in [0.15, 0.2) is 0 Å². The monoisotopic (exact) mass is 296 g/mol. The van der Waals surface area contributed by atoms with Crippen molar-refractivity contribution in [3.8, 4) is 0 Å². The quantitative estimate of drug-likeness (QED) is 0.693. The van der Waals surface area contributed by atoms with Crippen LogP contribution in [0.25, 0.3) is 0 Å². The molecule has 1 saturated heterocycles. The van der Waals surface area contributed by atoms with Crippen LogP contribution in [0.3, 0.4) is 0 Å². The Labute approximate surface area is 131 Å². The van der Waals surface area contributed by atoms with Crippen molar-refractivity contribution in [2.75, 3.05) is 20.6 Å². The summed E-state index contributed by atoms with van der Waals surface area (Å²) in [5, 5.41) is 3.01. The summed E-state index contributed by atoms with van der Waals surface area (Å²) in [5.74, 6) is 0.270. The van der Waals surface area contributed by atoms with Gasteiger partial charge in [0, 0.05) is 12.6 Å². The average molecular weight is 296 g/mol. The second-order valence-corrected chi connectivity index (χ2v) is 8.76. The van der Waals surface area contributed by atoms with E-state index >= 15 is 0 Å². The summed E-state index contributed by atoms with van der Waals surface area (Å²) in [6, 6.07) is 0.537. The Morgan fingerprint density at radius 1 is 1.29 bits per heavy atom. The second kappa shape index (κ2) is 6.28. The minimum absolute atomic E-state index is 0.0721. The van der Waals surface area contributed by atoms with Gasteiger partial charge >= 0.3 is 0 Å². The van der Waals surface area contributed by atoms with E-state index in [-0.39, 0.29) is 22.2 Å². The first-order valence-electron chi connectivity index (χ1n) is 8.42. The van der Waals surface area contributed by atoms with Gasteiger partial charge in [-0.05, 0) is 51.1 Å². The van der Waals surface area contributed by atoms with E-state index in [1.165, 1.54) is 0 Å². The largest absolute Gasteiger partial charge is 0.354 e. The van der Waals surface area contributed by atoms with E-state index in [0.29, 0.717) is 6.04 Å². The van der Waals surface area contributed by atoms with Crippen LogP contribution in [0.2, 0.25) is 0 Å². The van der Waals surface area contributed by atoms with E-state index in [4.69, 9.17) is 0 Å². The maximum atomic E-state index is 12.4. The lowest BCUT2D eigenvalue weighted by Gasteiger charge is -2.55. The van der Waals surface area contributed by atoms with Crippen molar-refractivity contribution in [1.29, 1.82) is 0 Å². The zero-order valence-corrected chi connectivity index (χ0v) is 15.5. The van der Waals surface area contributed by atoms with Gasteiger partial charge < -0.3 is 10.2 Å². The average Bonchev–Trinajstić information content (AvgIpc) is 2.33. The Kier molecular flexibility index (Phi) is 5.52. The summed E-state index contributed by atoms with van der Waals surface area (Å²) in [6.45, 7) is 14.5. The van der Waals surface area contributed by atoms with Crippen LogP contribution in [0.4, 0.5) is 0 Å². The number of nitrogens with zero attached hydrogens (tertiary/aromatic N) is 1. The lowest BCUT2D eigenvalue weighted by molar-refractivity contribution is -0.156. The van der Waals surface area contributed by atoms with E-state index < -0.39 is 0 Å². The first kappa shape index (κ1) is 18.5. The van der Waals surface area contributed by atoms with Crippen molar-refractivity contribution in [2.24, 2.45) is 16.2 Å². The molecule has 1 aliphatic heterocycles. The van der Waals surface area contributed by atoms with Crippen LogP contribution >= 0.6 is 0 Å². The van der Waals surface area contributed by atoms with Gasteiger partial charge in [-0.15, -0.1) is 0 Å². The summed E-state index contributed by atoms with van der Waals surface area (Å²) < 4.78 is 0. The molecule has 0 saturated carbocycles. The fourth-order valence-electron chi connectivity index (χ4n) is 4.04. The molecule has 0 aromatic rings. The lowest BCUT2D eigenvalue weighted by atomic mass is 9.53. The second-order valence-electron chi connectivity index (χ2n) is 8.76. The fourth-order valence-corrected chi connectivity index (χ4v) is 4.04. The molecule has 1 fully saturated rings. The predicted molar refractivity (Wildman–Crippen MR) is 90.3 cm³/mol. The van der Waals surface area contributed by atoms with Crippen molar-refractivity contribution >= 4 is 5.91 Å². The highest BCUT2D eigenvalue weighted by molar-refractivity contribution is 5.89. The molecule has 1 rings (SSSR count). The SMILES string of the molecule is CCCC(C)(C)C1(CC(C)(C)CC(C)N(C)C)CNC1=O. The van der Waals surface area contributed by atoms with Crippen LogP contribution in [0.1, 0.15) is 67.2 Å². The molecule has 0 spiro atoms. The first-order valence-corrected chi connectivity index (χ1v) is 8.42. The molecule has 0 radical (unpaired) electrons. The Balaban J connectivity index is 2.91. The predicted octanol–water partition coefficient (Wildman–Crippen LogP) is 3.69. The van der Waals surface area contributed by atoms with Gasteiger partial charge in [-0.25, -0.2) is 0 Å². The molecule has 1 heterocycles. The van der Waals surface area contributed by atoms with Crippen molar-refractivity contribution in [1.82, 2.24) is 10.2 Å². The van der Waals surface area contributed by atoms with Crippen LogP contribution in [0, 0.1) is 16.2 Å². The molecule has 21 heavy (non-hydrogen) atoms. The zero-order chi connectivity index (χ0) is 16.5. The van der Waals surface area contributed by atoms with E-state index in [1.54, 1.807) is 0 Å². The van der Waals surface area contributed by atoms with Gasteiger partial charge in [0.05, 0.1) is 5.41 Å². The molecule has 0 aliphatic carbocycles. The number of hydrogen-bond donors (Lipinski definition) is 1. The minimum atomic E-state index is -0.182. The highest BCUT2D eigenvalue weighted by atomic mass is 16.2. The van der Waals surface area contributed by atoms with Gasteiger partial charge in [-0.3, -0.25) is 4.79 Å². The maximum Gasteiger partial charge on any atom is 0.228 e. The molecule has 1 amide bonds. The van der Waals surface area contributed by atoms with Crippen LogP contribution in [0.5, 0.6) is 0 Å². The Morgan fingerprint density at radius 2 is 1.86 bits per heavy atom. The van der Waals surface area contributed by atoms with Crippen molar-refractivity contribution in [2.45, 2.75) is 73.3 Å². The summed E-state index contributed by atoms with van der Waals surface area (Å²) >= 11 is 0. The topological polar surface area (TPSA) is 32.3 Å². The number of carbonyl (C=O) groups excluding carboxylic acids is 1. The molecular formula is C18H36N2O. The van der Waals surface area contributed by atoms with Gasteiger partial charge in [0.15, 0.2) is 0 Å². The summed E-state index contributed by atoms with van der Waals surface area (Å²) in [4.78, 5) is 14.7. The zero-order valence-electron chi connectivity index (χ0n) is 15.5. The lowest BCUT2D eigenvalue weighted by Crippen LogP contribution is -2.66. The minimum Gasteiger partial charge on any atom is -0.354 e. The number of β-lactam (4-membered cyclic amide) rings is 1. The first-order chi connectivity index (χ1) is 9.47. The number of rotatable bonds is 8. The van der Waals surface area contributed by atoms with E-state index in [1.807, 2.05) is 0 Å². The standard InChI is InChI=1S/C18H36N2O/c1-9-10-17(5,6)18(13-19-15(18)21)12-16(3,4)11-14(2)20(7)8/h14H,9-13H2,1-8H3,(H,19,21). The number of nitrogens with one attached hydrogen (secondary N) is 1. The molecule has 3 heteroatoms. The number of amides is 1. The third kappa shape index (κ3) is 3.80. The Hall–Kier alpha value is -0.570. The fraction of sp³-hybridized carbons (Fsp3) is 0.944. The smallest absolute Gasteiger partial charge is 0.228 e. The molecule has 1 aliphatic rings. The Bertz CT molecular complexity index is 373. The van der Waals surface area contributed by atoms with Gasteiger partial charge in [0.2, 0.25) is 5.91 Å². The third-order valence-electron chi connectivity index (χ3n) is 5.67. The number of carbonyl (C=O) groups is 1. The van der Waals surface area contributed by atoms with Crippen LogP contribution in [-0.2, 0) is 4.79 Å². The van der Waals surface area contributed by atoms with Crippen LogP contribution < -0.4 is 5.32 Å². The molecule has 2 unspecified atom stereocenters. The van der Waals surface area contributed by atoms with E-state index in [9.17, 15) is 4.79 Å². The molecule has 124 valence electrons. The van der Waals surface area contributed by atoms with Gasteiger partial charge in [0.25, 0.3) is 0 Å². The number of hydrogen-bond acceptors (Lipinski definition) is 2. The molecule has 1 N–H and O–H groups in total. The third-order valence-corrected chi connectivity index (χ3v) is 5.67. The highest BCUT2D eigenvalue weighted by Crippen LogP contribution is 2.53.